The van der Waals surface area contributed by atoms with Crippen LogP contribution in [-0.4, -0.2) is 33.9 Å². The average molecular weight is 419 g/mol. The summed E-state index contributed by atoms with van der Waals surface area (Å²) >= 11 is 0. The molecule has 3 aromatic rings. The summed E-state index contributed by atoms with van der Waals surface area (Å²) in [5.41, 5.74) is 2.89. The predicted molar refractivity (Wildman–Crippen MR) is 108 cm³/mol. The molecule has 156 valence electrons. The molecule has 0 bridgehead atoms. The molecule has 2 amide bonds. The summed E-state index contributed by atoms with van der Waals surface area (Å²) in [5.74, 6) is -0.310. The summed E-state index contributed by atoms with van der Waals surface area (Å²) in [7, 11) is 0. The fraction of sp³-hybridized carbons (Fsp3) is 0.227. The van der Waals surface area contributed by atoms with E-state index >= 15 is 0 Å². The van der Waals surface area contributed by atoms with Crippen LogP contribution in [0, 0.1) is 19.7 Å². The second-order valence-corrected chi connectivity index (χ2v) is 7.57. The fourth-order valence-electron chi connectivity index (χ4n) is 3.75. The van der Waals surface area contributed by atoms with Crippen molar-refractivity contribution in [3.63, 3.8) is 0 Å². The normalized spacial score (nSPS) is 20.1. The smallest absolute Gasteiger partial charge is 0.263 e. The lowest BCUT2D eigenvalue weighted by atomic mass is 10.1. The molecule has 31 heavy (non-hydrogen) atoms. The monoisotopic (exact) mass is 419 g/mol. The summed E-state index contributed by atoms with van der Waals surface area (Å²) in [6.45, 7) is 3.96. The van der Waals surface area contributed by atoms with Gasteiger partial charge in [0, 0.05) is 5.56 Å². The van der Waals surface area contributed by atoms with Gasteiger partial charge in [-0.25, -0.2) is 14.3 Å². The van der Waals surface area contributed by atoms with Crippen molar-refractivity contribution in [1.82, 2.24) is 9.99 Å². The molecule has 9 heteroatoms. The van der Waals surface area contributed by atoms with Crippen molar-refractivity contribution in [1.29, 1.82) is 0 Å². The molecule has 2 aliphatic rings. The first-order valence-corrected chi connectivity index (χ1v) is 9.76. The first kappa shape index (κ1) is 19.1. The highest BCUT2D eigenvalue weighted by Gasteiger charge is 2.54. The van der Waals surface area contributed by atoms with Crippen molar-refractivity contribution in [3.8, 4) is 11.5 Å². The van der Waals surface area contributed by atoms with Crippen LogP contribution in [0.4, 0.5) is 10.1 Å². The number of oxazole rings is 1. The van der Waals surface area contributed by atoms with Crippen molar-refractivity contribution in [2.45, 2.75) is 32.5 Å². The Morgan fingerprint density at radius 1 is 1.00 bits per heavy atom. The van der Waals surface area contributed by atoms with Crippen LogP contribution < -0.4 is 4.90 Å². The topological polar surface area (TPSA) is 91.4 Å². The fourth-order valence-corrected chi connectivity index (χ4v) is 3.75. The molecule has 2 unspecified atom stereocenters. The lowest BCUT2D eigenvalue weighted by Gasteiger charge is -2.19. The number of carbonyl (C=O) groups is 2. The Labute approximate surface area is 177 Å². The predicted octanol–water partition coefficient (Wildman–Crippen LogP) is 3.59. The van der Waals surface area contributed by atoms with E-state index in [1.54, 1.807) is 6.92 Å². The Morgan fingerprint density at radius 2 is 1.71 bits per heavy atom. The first-order valence-electron chi connectivity index (χ1n) is 9.76. The third-order valence-electron chi connectivity index (χ3n) is 5.45. The number of nitrogens with zero attached hydrogens (tertiary/aromatic N) is 5. The second kappa shape index (κ2) is 7.12. The van der Waals surface area contributed by atoms with E-state index in [1.165, 1.54) is 29.3 Å². The number of fused-ring (bicyclic) bond motifs is 1. The molecular formula is C22H18FN5O3. The van der Waals surface area contributed by atoms with Gasteiger partial charge in [0.15, 0.2) is 12.1 Å². The van der Waals surface area contributed by atoms with E-state index < -0.39 is 29.7 Å². The maximum Gasteiger partial charge on any atom is 0.263 e. The highest BCUT2D eigenvalue weighted by atomic mass is 19.1. The molecule has 5 rings (SSSR count). The summed E-state index contributed by atoms with van der Waals surface area (Å²) in [6, 6.07) is 11.2. The van der Waals surface area contributed by atoms with Crippen LogP contribution in [0.3, 0.4) is 0 Å². The Hall–Kier alpha value is -3.88. The van der Waals surface area contributed by atoms with Crippen molar-refractivity contribution in [2.24, 2.45) is 10.3 Å². The van der Waals surface area contributed by atoms with Gasteiger partial charge in [0.25, 0.3) is 11.8 Å². The van der Waals surface area contributed by atoms with Crippen LogP contribution in [0.15, 0.2) is 63.3 Å². The van der Waals surface area contributed by atoms with E-state index in [2.05, 4.69) is 15.3 Å². The third-order valence-corrected chi connectivity index (χ3v) is 5.45. The van der Waals surface area contributed by atoms with Crippen LogP contribution in [-0.2, 0) is 16.1 Å². The summed E-state index contributed by atoms with van der Waals surface area (Å²) in [5, 5.41) is 9.51. The Bertz CT molecular complexity index is 1200. The minimum Gasteiger partial charge on any atom is -0.441 e. The van der Waals surface area contributed by atoms with E-state index in [-0.39, 0.29) is 6.54 Å². The van der Waals surface area contributed by atoms with Crippen molar-refractivity contribution < 1.29 is 18.4 Å². The Kier molecular flexibility index (Phi) is 4.39. The number of benzene rings is 2. The molecule has 2 aliphatic heterocycles. The average Bonchev–Trinajstić information content (AvgIpc) is 3.40. The van der Waals surface area contributed by atoms with E-state index in [0.29, 0.717) is 23.0 Å². The van der Waals surface area contributed by atoms with E-state index in [0.717, 1.165) is 16.0 Å². The number of amides is 2. The van der Waals surface area contributed by atoms with Gasteiger partial charge in [-0.1, -0.05) is 22.9 Å². The minimum absolute atomic E-state index is 0.169. The van der Waals surface area contributed by atoms with Crippen LogP contribution in [0.1, 0.15) is 17.0 Å². The molecule has 0 radical (unpaired) electrons. The minimum atomic E-state index is -0.929. The zero-order valence-corrected chi connectivity index (χ0v) is 16.8. The quantitative estimate of drug-likeness (QED) is 0.603. The van der Waals surface area contributed by atoms with Gasteiger partial charge in [0.05, 0.1) is 12.2 Å². The van der Waals surface area contributed by atoms with Gasteiger partial charge >= 0.3 is 0 Å². The number of hydrogen-bond donors (Lipinski definition) is 0. The number of rotatable bonds is 4. The summed E-state index contributed by atoms with van der Waals surface area (Å²) < 4.78 is 19.0. The molecule has 0 saturated carbocycles. The van der Waals surface area contributed by atoms with Crippen LogP contribution in [0.5, 0.6) is 0 Å². The number of imide groups is 1. The van der Waals surface area contributed by atoms with E-state index in [9.17, 15) is 14.0 Å². The Morgan fingerprint density at radius 3 is 2.42 bits per heavy atom. The highest BCUT2D eigenvalue weighted by Crippen LogP contribution is 2.33. The first-order chi connectivity index (χ1) is 14.9. The number of aryl methyl sites for hydroxylation is 2. The number of hydrogen-bond acceptors (Lipinski definition) is 7. The molecule has 3 heterocycles. The molecule has 0 aliphatic carbocycles. The van der Waals surface area contributed by atoms with Crippen LogP contribution in [0.25, 0.3) is 11.5 Å². The van der Waals surface area contributed by atoms with Gasteiger partial charge in [-0.3, -0.25) is 14.6 Å². The van der Waals surface area contributed by atoms with Crippen molar-refractivity contribution >= 4 is 17.5 Å². The zero-order chi connectivity index (χ0) is 21.7. The second-order valence-electron chi connectivity index (χ2n) is 7.57. The van der Waals surface area contributed by atoms with Crippen LogP contribution in [0.2, 0.25) is 0 Å². The van der Waals surface area contributed by atoms with Crippen molar-refractivity contribution in [2.75, 3.05) is 4.90 Å². The zero-order valence-electron chi connectivity index (χ0n) is 16.8. The molecule has 1 saturated heterocycles. The molecule has 2 aromatic carbocycles. The Balaban J connectivity index is 1.39. The van der Waals surface area contributed by atoms with E-state index in [4.69, 9.17) is 4.42 Å². The highest BCUT2D eigenvalue weighted by molar-refractivity contribution is 6.25. The van der Waals surface area contributed by atoms with E-state index in [1.807, 2.05) is 31.2 Å². The van der Waals surface area contributed by atoms with Gasteiger partial charge < -0.3 is 4.42 Å². The number of aromatic nitrogens is 1. The largest absolute Gasteiger partial charge is 0.441 e. The molecule has 2 atom stereocenters. The molecule has 8 nitrogen and oxygen atoms in total. The maximum absolute atomic E-state index is 13.2. The summed E-state index contributed by atoms with van der Waals surface area (Å²) in [6.07, 6.45) is 0. The third kappa shape index (κ3) is 3.18. The lowest BCUT2D eigenvalue weighted by molar-refractivity contribution is -0.123. The molecule has 0 spiro atoms. The number of carbonyl (C=O) groups excluding carboxylic acids is 2. The number of anilines is 1. The van der Waals surface area contributed by atoms with Gasteiger partial charge in [0.1, 0.15) is 17.3 Å². The van der Waals surface area contributed by atoms with Gasteiger partial charge in [-0.2, -0.15) is 5.11 Å². The van der Waals surface area contributed by atoms with Crippen LogP contribution >= 0.6 is 0 Å². The summed E-state index contributed by atoms with van der Waals surface area (Å²) in [4.78, 5) is 31.4. The molecule has 1 aromatic heterocycles. The van der Waals surface area contributed by atoms with Crippen molar-refractivity contribution in [3.05, 3.63) is 71.4 Å². The molecule has 0 N–H and O–H groups in total. The lowest BCUT2D eigenvalue weighted by Crippen LogP contribution is -2.39. The molecule has 1 fully saturated rings. The standard InChI is InChI=1S/C22H18FN5O3/c1-12-3-5-14(6-4-12)20-24-17(13(2)31-20)11-27-19-18(25-26-27)21(29)28(22(19)30)16-9-7-15(23)8-10-16/h3-10,18-19H,11H2,1-2H3. The van der Waals surface area contributed by atoms with Gasteiger partial charge in [-0.15, -0.1) is 0 Å². The molecular weight excluding hydrogens is 401 g/mol. The van der Waals surface area contributed by atoms with Gasteiger partial charge in [-0.05, 0) is 50.2 Å². The number of halogens is 1. The maximum atomic E-state index is 13.2. The SMILES string of the molecule is Cc1ccc(-c2nc(CN3N=NC4C(=O)N(c5ccc(F)cc5)C(=O)C43)c(C)o2)cc1. The van der Waals surface area contributed by atoms with Gasteiger partial charge in [0.2, 0.25) is 5.89 Å².